The molecule has 1 aromatic carbocycles. The Morgan fingerprint density at radius 2 is 1.75 bits per heavy atom. The minimum atomic E-state index is -0.143. The van der Waals surface area contributed by atoms with Crippen LogP contribution in [0.4, 0.5) is 0 Å². The first kappa shape index (κ1) is 15.3. The van der Waals surface area contributed by atoms with Crippen molar-refractivity contribution in [2.45, 2.75) is 63.5 Å². The molecule has 1 aliphatic carbocycles. The lowest BCUT2D eigenvalue weighted by Gasteiger charge is -2.37. The summed E-state index contributed by atoms with van der Waals surface area (Å²) in [5.41, 5.74) is 1.19. The van der Waals surface area contributed by atoms with Crippen LogP contribution in [-0.4, -0.2) is 28.4 Å². The van der Waals surface area contributed by atoms with E-state index < -0.39 is 0 Å². The SMILES string of the molecule is CCC(C)(CO)NC1CCC(c2ccc(O)cc2)CC1. The molecule has 0 spiro atoms. The second kappa shape index (κ2) is 6.59. The van der Waals surface area contributed by atoms with Crippen molar-refractivity contribution in [1.82, 2.24) is 5.32 Å². The summed E-state index contributed by atoms with van der Waals surface area (Å²) < 4.78 is 0. The Kier molecular flexibility index (Phi) is 5.06. The quantitative estimate of drug-likeness (QED) is 0.775. The maximum Gasteiger partial charge on any atom is 0.115 e. The Morgan fingerprint density at radius 3 is 2.25 bits per heavy atom. The monoisotopic (exact) mass is 277 g/mol. The Morgan fingerprint density at radius 1 is 1.15 bits per heavy atom. The highest BCUT2D eigenvalue weighted by Gasteiger charge is 2.28. The highest BCUT2D eigenvalue weighted by atomic mass is 16.3. The fraction of sp³-hybridized carbons (Fsp3) is 0.647. The highest BCUT2D eigenvalue weighted by molar-refractivity contribution is 5.28. The standard InChI is InChI=1S/C17H27NO2/c1-3-17(2,12-19)18-15-8-4-13(5-9-15)14-6-10-16(20)11-7-14/h6-7,10-11,13,15,18-20H,3-5,8-9,12H2,1-2H3. The van der Waals surface area contributed by atoms with Gasteiger partial charge in [-0.1, -0.05) is 19.1 Å². The summed E-state index contributed by atoms with van der Waals surface area (Å²) >= 11 is 0. The van der Waals surface area contributed by atoms with Crippen LogP contribution in [0.3, 0.4) is 0 Å². The number of aromatic hydroxyl groups is 1. The number of phenols is 1. The zero-order valence-corrected chi connectivity index (χ0v) is 12.6. The van der Waals surface area contributed by atoms with Crippen molar-refractivity contribution in [3.8, 4) is 5.75 Å². The third-order valence-electron chi connectivity index (χ3n) is 4.77. The van der Waals surface area contributed by atoms with Gasteiger partial charge in [0.05, 0.1) is 6.61 Å². The fourth-order valence-corrected chi connectivity index (χ4v) is 3.07. The van der Waals surface area contributed by atoms with Gasteiger partial charge in [-0.15, -0.1) is 0 Å². The molecule has 20 heavy (non-hydrogen) atoms. The van der Waals surface area contributed by atoms with Crippen molar-refractivity contribution in [2.24, 2.45) is 0 Å². The summed E-state index contributed by atoms with van der Waals surface area (Å²) in [5, 5.41) is 22.5. The van der Waals surface area contributed by atoms with Gasteiger partial charge in [0.25, 0.3) is 0 Å². The summed E-state index contributed by atoms with van der Waals surface area (Å²) in [6, 6.07) is 8.15. The summed E-state index contributed by atoms with van der Waals surface area (Å²) in [6.07, 6.45) is 5.60. The number of rotatable bonds is 5. The van der Waals surface area contributed by atoms with E-state index in [4.69, 9.17) is 0 Å². The summed E-state index contributed by atoms with van der Waals surface area (Å²) in [7, 11) is 0. The largest absolute Gasteiger partial charge is 0.508 e. The lowest BCUT2D eigenvalue weighted by atomic mass is 9.81. The van der Waals surface area contributed by atoms with Crippen molar-refractivity contribution in [3.05, 3.63) is 29.8 Å². The molecule has 0 amide bonds. The van der Waals surface area contributed by atoms with E-state index in [9.17, 15) is 10.2 Å². The second-order valence-electron chi connectivity index (χ2n) is 6.36. The van der Waals surface area contributed by atoms with Crippen LogP contribution >= 0.6 is 0 Å². The molecule has 1 unspecified atom stereocenters. The van der Waals surface area contributed by atoms with Gasteiger partial charge >= 0.3 is 0 Å². The molecule has 1 fully saturated rings. The van der Waals surface area contributed by atoms with Gasteiger partial charge in [0.1, 0.15) is 5.75 Å². The lowest BCUT2D eigenvalue weighted by molar-refractivity contribution is 0.145. The molecule has 3 nitrogen and oxygen atoms in total. The van der Waals surface area contributed by atoms with E-state index in [0.29, 0.717) is 17.7 Å². The fourth-order valence-electron chi connectivity index (χ4n) is 3.07. The Labute approximate surface area is 122 Å². The molecule has 1 aliphatic rings. The molecule has 1 aromatic rings. The molecule has 3 heteroatoms. The number of nitrogens with one attached hydrogen (secondary N) is 1. The maximum absolute atomic E-state index is 9.49. The number of benzene rings is 1. The topological polar surface area (TPSA) is 52.5 Å². The van der Waals surface area contributed by atoms with Gasteiger partial charge in [-0.25, -0.2) is 0 Å². The van der Waals surface area contributed by atoms with E-state index in [2.05, 4.69) is 19.2 Å². The van der Waals surface area contributed by atoms with E-state index in [-0.39, 0.29) is 12.1 Å². The lowest BCUT2D eigenvalue weighted by Crippen LogP contribution is -2.51. The Bertz CT molecular complexity index is 404. The van der Waals surface area contributed by atoms with Gasteiger partial charge in [-0.05, 0) is 62.6 Å². The molecule has 0 aliphatic heterocycles. The van der Waals surface area contributed by atoms with E-state index >= 15 is 0 Å². The molecule has 112 valence electrons. The first-order valence-electron chi connectivity index (χ1n) is 7.74. The molecule has 0 radical (unpaired) electrons. The molecular formula is C17H27NO2. The minimum absolute atomic E-state index is 0.143. The molecule has 0 saturated heterocycles. The van der Waals surface area contributed by atoms with Crippen LogP contribution < -0.4 is 5.32 Å². The van der Waals surface area contributed by atoms with E-state index in [1.807, 2.05) is 12.1 Å². The first-order valence-corrected chi connectivity index (χ1v) is 7.74. The van der Waals surface area contributed by atoms with Crippen LogP contribution in [0.5, 0.6) is 5.75 Å². The molecule has 1 atom stereocenters. The molecule has 3 N–H and O–H groups in total. The van der Waals surface area contributed by atoms with Crippen molar-refractivity contribution >= 4 is 0 Å². The highest BCUT2D eigenvalue weighted by Crippen LogP contribution is 2.34. The molecule has 0 heterocycles. The van der Waals surface area contributed by atoms with Crippen molar-refractivity contribution in [1.29, 1.82) is 0 Å². The number of aliphatic hydroxyl groups is 1. The normalized spacial score (nSPS) is 26.1. The first-order chi connectivity index (χ1) is 9.56. The van der Waals surface area contributed by atoms with Gasteiger partial charge in [0, 0.05) is 11.6 Å². The molecular weight excluding hydrogens is 250 g/mol. The average Bonchev–Trinajstić information content (AvgIpc) is 2.49. The number of hydrogen-bond acceptors (Lipinski definition) is 3. The predicted octanol–water partition coefficient (Wildman–Crippen LogP) is 3.17. The van der Waals surface area contributed by atoms with Crippen molar-refractivity contribution in [2.75, 3.05) is 6.61 Å². The molecule has 0 aromatic heterocycles. The Balaban J connectivity index is 1.87. The second-order valence-corrected chi connectivity index (χ2v) is 6.36. The van der Waals surface area contributed by atoms with Crippen molar-refractivity contribution in [3.63, 3.8) is 0 Å². The summed E-state index contributed by atoms with van der Waals surface area (Å²) in [4.78, 5) is 0. The average molecular weight is 277 g/mol. The van der Waals surface area contributed by atoms with Crippen LogP contribution in [0.1, 0.15) is 57.4 Å². The Hall–Kier alpha value is -1.06. The minimum Gasteiger partial charge on any atom is -0.508 e. The van der Waals surface area contributed by atoms with E-state index in [1.165, 1.54) is 18.4 Å². The van der Waals surface area contributed by atoms with Gasteiger partial charge < -0.3 is 15.5 Å². The van der Waals surface area contributed by atoms with Gasteiger partial charge in [-0.2, -0.15) is 0 Å². The van der Waals surface area contributed by atoms with Crippen LogP contribution in [-0.2, 0) is 0 Å². The zero-order valence-electron chi connectivity index (χ0n) is 12.6. The summed E-state index contributed by atoms with van der Waals surface area (Å²) in [5.74, 6) is 0.946. The summed E-state index contributed by atoms with van der Waals surface area (Å²) in [6.45, 7) is 4.41. The van der Waals surface area contributed by atoms with Gasteiger partial charge in [0.15, 0.2) is 0 Å². The number of phenolic OH excluding ortho intramolecular Hbond substituents is 1. The molecule has 0 bridgehead atoms. The zero-order chi connectivity index (χ0) is 14.6. The van der Waals surface area contributed by atoms with Crippen LogP contribution in [0.15, 0.2) is 24.3 Å². The third-order valence-corrected chi connectivity index (χ3v) is 4.77. The number of hydrogen-bond donors (Lipinski definition) is 3. The van der Waals surface area contributed by atoms with Crippen LogP contribution in [0, 0.1) is 0 Å². The molecule has 1 saturated carbocycles. The maximum atomic E-state index is 9.49. The van der Waals surface area contributed by atoms with Gasteiger partial charge in [-0.3, -0.25) is 0 Å². The van der Waals surface area contributed by atoms with Gasteiger partial charge in [0.2, 0.25) is 0 Å². The van der Waals surface area contributed by atoms with Crippen LogP contribution in [0.2, 0.25) is 0 Å². The van der Waals surface area contributed by atoms with E-state index in [1.54, 1.807) is 12.1 Å². The van der Waals surface area contributed by atoms with E-state index in [0.717, 1.165) is 19.3 Å². The smallest absolute Gasteiger partial charge is 0.115 e. The van der Waals surface area contributed by atoms with Crippen LogP contribution in [0.25, 0.3) is 0 Å². The van der Waals surface area contributed by atoms with Crippen molar-refractivity contribution < 1.29 is 10.2 Å². The molecule has 2 rings (SSSR count). The predicted molar refractivity (Wildman–Crippen MR) is 82.0 cm³/mol. The number of aliphatic hydroxyl groups excluding tert-OH is 1. The third kappa shape index (κ3) is 3.74.